The van der Waals surface area contributed by atoms with Gasteiger partial charge in [0.15, 0.2) is 0 Å². The van der Waals surface area contributed by atoms with Crippen molar-refractivity contribution >= 4 is 16.6 Å². The van der Waals surface area contributed by atoms with E-state index in [-0.39, 0.29) is 23.2 Å². The van der Waals surface area contributed by atoms with Crippen molar-refractivity contribution in [1.82, 2.24) is 4.98 Å². The number of halogens is 1. The van der Waals surface area contributed by atoms with Crippen LogP contribution in [0.5, 0.6) is 5.75 Å². The first-order valence-electron chi connectivity index (χ1n) is 11.0. The van der Waals surface area contributed by atoms with E-state index >= 15 is 0 Å². The highest BCUT2D eigenvalue weighted by molar-refractivity contribution is 6.02. The van der Waals surface area contributed by atoms with Gasteiger partial charge in [0, 0.05) is 47.4 Å². The lowest BCUT2D eigenvalue weighted by Gasteiger charge is -2.34. The predicted molar refractivity (Wildman–Crippen MR) is 128 cm³/mol. The zero-order chi connectivity index (χ0) is 22.9. The number of benzene rings is 3. The molecule has 0 aliphatic carbocycles. The lowest BCUT2D eigenvalue weighted by atomic mass is 9.95. The highest BCUT2D eigenvalue weighted by Gasteiger charge is 2.23. The van der Waals surface area contributed by atoms with Gasteiger partial charge in [-0.2, -0.15) is 5.26 Å². The molecular formula is C27H23FN4O. The quantitative estimate of drug-likeness (QED) is 0.458. The molecule has 1 aliphatic rings. The number of pyridine rings is 1. The first kappa shape index (κ1) is 20.9. The molecule has 0 spiro atoms. The number of phenols is 1. The highest BCUT2D eigenvalue weighted by Crippen LogP contribution is 2.41. The van der Waals surface area contributed by atoms with Crippen LogP contribution in [-0.2, 0) is 0 Å². The van der Waals surface area contributed by atoms with E-state index in [1.807, 2.05) is 30.3 Å². The Labute approximate surface area is 191 Å². The second-order valence-corrected chi connectivity index (χ2v) is 8.37. The SMILES string of the molecule is N#Cc1cccc(-c2ccc3ncc(-c4ccccc4F)c(N4CCC(N)CC4)c3c2)c1O. The third-order valence-electron chi connectivity index (χ3n) is 6.33. The minimum atomic E-state index is -0.302. The largest absolute Gasteiger partial charge is 0.506 e. The fourth-order valence-electron chi connectivity index (χ4n) is 4.55. The lowest BCUT2D eigenvalue weighted by molar-refractivity contribution is 0.475. The maximum absolute atomic E-state index is 14.8. The minimum Gasteiger partial charge on any atom is -0.506 e. The van der Waals surface area contributed by atoms with E-state index in [4.69, 9.17) is 5.73 Å². The summed E-state index contributed by atoms with van der Waals surface area (Å²) in [5.41, 5.74) is 10.6. The van der Waals surface area contributed by atoms with E-state index in [9.17, 15) is 14.8 Å². The van der Waals surface area contributed by atoms with E-state index in [2.05, 4.69) is 9.88 Å². The third kappa shape index (κ3) is 3.77. The first-order valence-corrected chi connectivity index (χ1v) is 11.0. The molecule has 5 nitrogen and oxygen atoms in total. The number of nitrogens with zero attached hydrogens (tertiary/aromatic N) is 3. The van der Waals surface area contributed by atoms with Gasteiger partial charge < -0.3 is 15.7 Å². The molecule has 4 aromatic rings. The van der Waals surface area contributed by atoms with Gasteiger partial charge in [-0.25, -0.2) is 4.39 Å². The van der Waals surface area contributed by atoms with Crippen LogP contribution in [0, 0.1) is 17.1 Å². The Kier molecular flexibility index (Phi) is 5.41. The Balaban J connectivity index is 1.76. The van der Waals surface area contributed by atoms with Gasteiger partial charge in [-0.05, 0) is 42.7 Å². The summed E-state index contributed by atoms with van der Waals surface area (Å²) < 4.78 is 14.8. The topological polar surface area (TPSA) is 86.2 Å². The number of aromatic nitrogens is 1. The standard InChI is InChI=1S/C27H23FN4O/c28-24-7-2-1-5-21(24)23-16-31-25-9-8-17(20-6-3-4-18(15-29)27(20)33)14-22(25)26(23)32-12-10-19(30)11-13-32/h1-9,14,16,19,33H,10-13,30H2. The van der Waals surface area contributed by atoms with Crippen LogP contribution >= 0.6 is 0 Å². The predicted octanol–water partition coefficient (Wildman–Crippen LogP) is 5.21. The molecule has 5 rings (SSSR count). The van der Waals surface area contributed by atoms with Crippen LogP contribution in [-0.4, -0.2) is 29.2 Å². The van der Waals surface area contributed by atoms with Crippen molar-refractivity contribution < 1.29 is 9.50 Å². The summed E-state index contributed by atoms with van der Waals surface area (Å²) in [6.45, 7) is 1.53. The van der Waals surface area contributed by atoms with Crippen LogP contribution in [0.3, 0.4) is 0 Å². The monoisotopic (exact) mass is 438 g/mol. The Bertz CT molecular complexity index is 1390. The molecule has 6 heteroatoms. The minimum absolute atomic E-state index is 0.0527. The first-order chi connectivity index (χ1) is 16.1. The fourth-order valence-corrected chi connectivity index (χ4v) is 4.55. The Morgan fingerprint density at radius 1 is 1.00 bits per heavy atom. The normalized spacial score (nSPS) is 14.4. The number of fused-ring (bicyclic) bond motifs is 1. The van der Waals surface area contributed by atoms with Gasteiger partial charge in [0.25, 0.3) is 0 Å². The fraction of sp³-hybridized carbons (Fsp3) is 0.185. The maximum Gasteiger partial charge on any atom is 0.141 e. The Hall–Kier alpha value is -3.95. The van der Waals surface area contributed by atoms with Crippen molar-refractivity contribution in [1.29, 1.82) is 5.26 Å². The maximum atomic E-state index is 14.8. The zero-order valence-corrected chi connectivity index (χ0v) is 18.0. The lowest BCUT2D eigenvalue weighted by Crippen LogP contribution is -2.40. The average molecular weight is 439 g/mol. The van der Waals surface area contributed by atoms with Gasteiger partial charge in [0.2, 0.25) is 0 Å². The summed E-state index contributed by atoms with van der Waals surface area (Å²) in [5.74, 6) is -0.354. The van der Waals surface area contributed by atoms with E-state index in [1.165, 1.54) is 6.07 Å². The summed E-state index contributed by atoms with van der Waals surface area (Å²) in [6.07, 6.45) is 3.44. The number of hydrogen-bond donors (Lipinski definition) is 2. The number of phenolic OH excluding ortho intramolecular Hbond substituents is 1. The number of nitrogens with two attached hydrogens (primary N) is 1. The van der Waals surface area contributed by atoms with Crippen LogP contribution in [0.4, 0.5) is 10.1 Å². The van der Waals surface area contributed by atoms with Crippen molar-refractivity contribution in [3.8, 4) is 34.1 Å². The van der Waals surface area contributed by atoms with Gasteiger partial charge in [0.1, 0.15) is 17.6 Å². The molecule has 0 saturated carbocycles. The van der Waals surface area contributed by atoms with E-state index in [1.54, 1.807) is 36.5 Å². The average Bonchev–Trinajstić information content (AvgIpc) is 2.84. The molecule has 33 heavy (non-hydrogen) atoms. The van der Waals surface area contributed by atoms with Gasteiger partial charge in [-0.1, -0.05) is 36.4 Å². The summed E-state index contributed by atoms with van der Waals surface area (Å²) >= 11 is 0. The Morgan fingerprint density at radius 3 is 2.52 bits per heavy atom. The van der Waals surface area contributed by atoms with Crippen LogP contribution in [0.2, 0.25) is 0 Å². The van der Waals surface area contributed by atoms with E-state index < -0.39 is 0 Å². The summed E-state index contributed by atoms with van der Waals surface area (Å²) in [4.78, 5) is 6.88. The number of para-hydroxylation sites is 1. The van der Waals surface area contributed by atoms with Gasteiger partial charge in [-0.3, -0.25) is 4.98 Å². The molecule has 1 aromatic heterocycles. The molecule has 1 saturated heterocycles. The molecule has 0 unspecified atom stereocenters. The van der Waals surface area contributed by atoms with Crippen LogP contribution in [0.15, 0.2) is 66.9 Å². The molecule has 2 heterocycles. The molecule has 164 valence electrons. The molecule has 0 radical (unpaired) electrons. The number of piperidine rings is 1. The Morgan fingerprint density at radius 2 is 1.76 bits per heavy atom. The van der Waals surface area contributed by atoms with Crippen LogP contribution in [0.25, 0.3) is 33.2 Å². The molecule has 3 N–H and O–H groups in total. The van der Waals surface area contributed by atoms with Gasteiger partial charge in [0.05, 0.1) is 16.8 Å². The molecule has 0 amide bonds. The second-order valence-electron chi connectivity index (χ2n) is 8.37. The highest BCUT2D eigenvalue weighted by atomic mass is 19.1. The molecule has 3 aromatic carbocycles. The van der Waals surface area contributed by atoms with Crippen molar-refractivity contribution in [3.05, 3.63) is 78.2 Å². The van der Waals surface area contributed by atoms with Gasteiger partial charge >= 0.3 is 0 Å². The zero-order valence-electron chi connectivity index (χ0n) is 18.0. The van der Waals surface area contributed by atoms with Crippen LogP contribution in [0.1, 0.15) is 18.4 Å². The smallest absolute Gasteiger partial charge is 0.141 e. The molecule has 1 fully saturated rings. The molecule has 1 aliphatic heterocycles. The number of rotatable bonds is 3. The van der Waals surface area contributed by atoms with E-state index in [0.29, 0.717) is 11.1 Å². The van der Waals surface area contributed by atoms with Crippen molar-refractivity contribution in [2.24, 2.45) is 5.73 Å². The summed E-state index contributed by atoms with van der Waals surface area (Å²) in [7, 11) is 0. The third-order valence-corrected chi connectivity index (χ3v) is 6.33. The molecular weight excluding hydrogens is 415 g/mol. The second kappa shape index (κ2) is 8.53. The number of nitriles is 1. The number of aromatic hydroxyl groups is 1. The van der Waals surface area contributed by atoms with Gasteiger partial charge in [-0.15, -0.1) is 0 Å². The van der Waals surface area contributed by atoms with Crippen molar-refractivity contribution in [2.45, 2.75) is 18.9 Å². The van der Waals surface area contributed by atoms with E-state index in [0.717, 1.165) is 53.6 Å². The van der Waals surface area contributed by atoms with Crippen LogP contribution < -0.4 is 10.6 Å². The molecule has 0 atom stereocenters. The number of hydrogen-bond acceptors (Lipinski definition) is 5. The molecule has 0 bridgehead atoms. The van der Waals surface area contributed by atoms with Crippen molar-refractivity contribution in [3.63, 3.8) is 0 Å². The number of anilines is 1. The summed E-state index contributed by atoms with van der Waals surface area (Å²) in [5, 5.41) is 20.8. The van der Waals surface area contributed by atoms with Crippen molar-refractivity contribution in [2.75, 3.05) is 18.0 Å². The summed E-state index contributed by atoms with van der Waals surface area (Å²) in [6, 6.07) is 19.8.